The second-order valence-corrected chi connectivity index (χ2v) is 17.4. The fraction of sp³-hybridized carbons (Fsp3) is 0.622. The molecule has 2 heterocycles. The van der Waals surface area contributed by atoms with Crippen molar-refractivity contribution in [3.63, 3.8) is 0 Å². The van der Waals surface area contributed by atoms with Gasteiger partial charge in [0.05, 0.1) is 18.9 Å². The van der Waals surface area contributed by atoms with Crippen LogP contribution in [0.1, 0.15) is 116 Å². The number of hydrogen-bond acceptors (Lipinski definition) is 13. The quantitative estimate of drug-likeness (QED) is 0.0807. The number of carboxylic acid groups (broad SMARTS) is 3. The molecule has 3 rings (SSSR count). The molecule has 382 valence electrons. The maximum atomic E-state index is 14.1. The number of carbonyl (C=O) groups excluding carboxylic acids is 8. The highest BCUT2D eigenvalue weighted by Crippen LogP contribution is 2.21. The Morgan fingerprint density at radius 3 is 1.81 bits per heavy atom. The molecule has 2 aliphatic rings. The lowest BCUT2D eigenvalue weighted by Gasteiger charge is -2.30. The molecular weight excluding hydrogens is 909 g/mol. The van der Waals surface area contributed by atoms with Crippen molar-refractivity contribution in [1.29, 1.82) is 0 Å². The van der Waals surface area contributed by atoms with Gasteiger partial charge in [0.2, 0.25) is 47.3 Å². The number of carbonyl (C=O) groups is 11. The Balaban J connectivity index is 2.13. The summed E-state index contributed by atoms with van der Waals surface area (Å²) in [7, 11) is 0. The van der Waals surface area contributed by atoms with Crippen molar-refractivity contribution < 1.29 is 78.3 Å². The van der Waals surface area contributed by atoms with Gasteiger partial charge in [0.15, 0.2) is 0 Å². The molecule has 0 spiro atoms. The summed E-state index contributed by atoms with van der Waals surface area (Å²) in [5, 5.41) is 66.4. The predicted molar refractivity (Wildman–Crippen MR) is 241 cm³/mol. The highest BCUT2D eigenvalue weighted by atomic mass is 16.4. The minimum absolute atomic E-state index is 0.0602. The van der Waals surface area contributed by atoms with Gasteiger partial charge in [-0.25, -0.2) is 0 Å². The van der Waals surface area contributed by atoms with Gasteiger partial charge >= 0.3 is 17.9 Å². The van der Waals surface area contributed by atoms with E-state index in [4.69, 9.17) is 0 Å². The van der Waals surface area contributed by atoms with Gasteiger partial charge in [0, 0.05) is 31.8 Å². The number of aliphatic carboxylic acids is 3. The largest absolute Gasteiger partial charge is 0.508 e. The van der Waals surface area contributed by atoms with Gasteiger partial charge in [0.25, 0.3) is 0 Å². The van der Waals surface area contributed by atoms with Crippen LogP contribution >= 0.6 is 0 Å². The van der Waals surface area contributed by atoms with Crippen LogP contribution in [0.5, 0.6) is 5.75 Å². The molecule has 0 saturated carbocycles. The van der Waals surface area contributed by atoms with Crippen LogP contribution < -0.4 is 37.2 Å². The van der Waals surface area contributed by atoms with Gasteiger partial charge in [-0.2, -0.15) is 0 Å². The maximum Gasteiger partial charge on any atom is 0.305 e. The van der Waals surface area contributed by atoms with Crippen LogP contribution in [0, 0.1) is 0 Å². The fourth-order valence-corrected chi connectivity index (χ4v) is 7.91. The Morgan fingerprint density at radius 2 is 1.22 bits per heavy atom. The number of hydrogen-bond donors (Lipinski definition) is 12. The van der Waals surface area contributed by atoms with Gasteiger partial charge in [-0.1, -0.05) is 57.6 Å². The third-order valence-electron chi connectivity index (χ3n) is 11.7. The summed E-state index contributed by atoms with van der Waals surface area (Å²) in [4.78, 5) is 148. The van der Waals surface area contributed by atoms with E-state index in [-0.39, 0.29) is 31.6 Å². The molecule has 69 heavy (non-hydrogen) atoms. The van der Waals surface area contributed by atoms with Crippen molar-refractivity contribution >= 4 is 65.2 Å². The Bertz CT molecular complexity index is 2020. The molecule has 2 saturated heterocycles. The van der Waals surface area contributed by atoms with E-state index in [0.29, 0.717) is 18.4 Å². The van der Waals surface area contributed by atoms with E-state index < -0.39 is 158 Å². The maximum absolute atomic E-state index is 14.1. The van der Waals surface area contributed by atoms with Crippen LogP contribution in [-0.2, 0) is 59.2 Å². The average molecular weight is 975 g/mol. The Labute approximate surface area is 398 Å². The number of phenols is 1. The lowest BCUT2D eigenvalue weighted by Crippen LogP contribution is -2.60. The van der Waals surface area contributed by atoms with Crippen molar-refractivity contribution in [3.05, 3.63) is 29.8 Å². The highest BCUT2D eigenvalue weighted by Gasteiger charge is 2.41. The van der Waals surface area contributed by atoms with Crippen LogP contribution in [0.15, 0.2) is 24.3 Å². The molecule has 0 aliphatic carbocycles. The van der Waals surface area contributed by atoms with Crippen LogP contribution in [0.25, 0.3) is 0 Å². The van der Waals surface area contributed by atoms with E-state index in [1.165, 1.54) is 38.1 Å². The first-order valence-corrected chi connectivity index (χ1v) is 23.1. The summed E-state index contributed by atoms with van der Waals surface area (Å²) in [5.41, 5.74) is 0.299. The number of nitrogens with one attached hydrogen (secondary N) is 7. The van der Waals surface area contributed by atoms with Crippen LogP contribution in [0.3, 0.4) is 0 Å². The van der Waals surface area contributed by atoms with Gasteiger partial charge in [-0.3, -0.25) is 52.7 Å². The number of amides is 8. The van der Waals surface area contributed by atoms with E-state index in [1.807, 2.05) is 6.92 Å². The molecule has 0 bridgehead atoms. The SMILES string of the molecule is CCCCCCCC[C@H]1CC(=O)N[C@@H](CC(=O)O)C(=O)N[C@H](Cc2ccc(O)cc2)C(=O)N[C@H](CC(=O)O)C(=O)N[C@@H](CCC(=O)O)C(=O)N2CCC[C@H]2C(=O)N[C@H](C)C(=O)N[C@@H]([C@@H](C)O)C(=O)N1. The molecule has 2 fully saturated rings. The third-order valence-corrected chi connectivity index (χ3v) is 11.7. The molecular formula is C45H66N8O16. The fourth-order valence-electron chi connectivity index (χ4n) is 7.91. The number of rotatable bonds is 17. The monoisotopic (exact) mass is 974 g/mol. The number of aliphatic hydroxyl groups is 1. The van der Waals surface area contributed by atoms with Crippen molar-refractivity contribution in [1.82, 2.24) is 42.1 Å². The normalized spacial score (nSPS) is 25.5. The molecule has 24 nitrogen and oxygen atoms in total. The Kier molecular flexibility index (Phi) is 22.8. The summed E-state index contributed by atoms with van der Waals surface area (Å²) in [6.45, 7) is 4.48. The molecule has 9 atom stereocenters. The molecule has 24 heteroatoms. The zero-order chi connectivity index (χ0) is 51.4. The van der Waals surface area contributed by atoms with Gasteiger partial charge in [0.1, 0.15) is 48.0 Å². The predicted octanol–water partition coefficient (Wildman–Crippen LogP) is -1.31. The molecule has 1 aromatic rings. The van der Waals surface area contributed by atoms with Crippen LogP contribution in [0.4, 0.5) is 0 Å². The zero-order valence-corrected chi connectivity index (χ0v) is 39.0. The van der Waals surface area contributed by atoms with Crippen LogP contribution in [0.2, 0.25) is 0 Å². The number of phenolic OH excluding ortho intramolecular Hbond substituents is 1. The number of unbranched alkanes of at least 4 members (excludes halogenated alkanes) is 5. The first-order chi connectivity index (χ1) is 32.6. The van der Waals surface area contributed by atoms with Gasteiger partial charge in [-0.15, -0.1) is 0 Å². The van der Waals surface area contributed by atoms with Crippen molar-refractivity contribution in [2.24, 2.45) is 0 Å². The second kappa shape index (κ2) is 27.8. The summed E-state index contributed by atoms with van der Waals surface area (Å²) in [5.74, 6) is -12.9. The lowest BCUT2D eigenvalue weighted by atomic mass is 10.0. The summed E-state index contributed by atoms with van der Waals surface area (Å²) in [6.07, 6.45) is -0.330. The van der Waals surface area contributed by atoms with Gasteiger partial charge < -0.3 is 67.7 Å². The molecule has 1 aromatic carbocycles. The van der Waals surface area contributed by atoms with E-state index in [0.717, 1.165) is 30.6 Å². The minimum atomic E-state index is -1.99. The number of aromatic hydroxyl groups is 1. The number of fused-ring (bicyclic) bond motifs is 1. The summed E-state index contributed by atoms with van der Waals surface area (Å²) in [6, 6.07) is -7.26. The first kappa shape index (κ1) is 56.5. The molecule has 12 N–H and O–H groups in total. The van der Waals surface area contributed by atoms with Gasteiger partial charge in [-0.05, 0) is 57.2 Å². The average Bonchev–Trinajstić information content (AvgIpc) is 3.77. The van der Waals surface area contributed by atoms with Crippen molar-refractivity contribution in [2.75, 3.05) is 6.54 Å². The van der Waals surface area contributed by atoms with E-state index in [9.17, 15) is 78.3 Å². The number of aliphatic hydroxyl groups excluding tert-OH is 1. The topological polar surface area (TPSA) is 376 Å². The zero-order valence-electron chi connectivity index (χ0n) is 39.0. The van der Waals surface area contributed by atoms with E-state index >= 15 is 0 Å². The molecule has 2 aliphatic heterocycles. The second-order valence-electron chi connectivity index (χ2n) is 17.4. The molecule has 0 aromatic heterocycles. The van der Waals surface area contributed by atoms with E-state index in [2.05, 4.69) is 37.2 Å². The third kappa shape index (κ3) is 19.0. The molecule has 0 radical (unpaired) electrons. The molecule has 0 unspecified atom stereocenters. The number of carboxylic acids is 3. The molecule has 8 amide bonds. The first-order valence-electron chi connectivity index (χ1n) is 23.1. The summed E-state index contributed by atoms with van der Waals surface area (Å²) < 4.78 is 0. The summed E-state index contributed by atoms with van der Waals surface area (Å²) >= 11 is 0. The van der Waals surface area contributed by atoms with E-state index in [1.54, 1.807) is 0 Å². The highest BCUT2D eigenvalue weighted by molar-refractivity contribution is 5.99. The smallest absolute Gasteiger partial charge is 0.305 e. The minimum Gasteiger partial charge on any atom is -0.508 e. The number of nitrogens with zero attached hydrogens (tertiary/aromatic N) is 1. The lowest BCUT2D eigenvalue weighted by molar-refractivity contribution is -0.144. The Morgan fingerprint density at radius 1 is 0.652 bits per heavy atom. The standard InChI is InChI=1S/C45H66N8O16/c1-4-5-6-7-8-9-11-27-21-34(56)48-31(22-36(59)60)41(65)50-30(20-26-13-15-28(55)16-14-26)40(64)51-32(23-37(61)62)42(66)49-29(17-18-35(57)58)45(69)53-19-10-12-33(53)43(67)46-24(2)39(63)52-38(25(3)54)44(68)47-27/h13-16,24-25,27,29-33,38,54-55H,4-12,17-23H2,1-3H3,(H,46,67)(H,47,68)(H,48,56)(H,49,66)(H,50,65)(H,51,64)(H,52,63)(H,57,58)(H,59,60)(H,61,62)/t24-,25-,27+,29+,30-,31+,32-,33+,38+/m1/s1. The number of benzene rings is 1. The van der Waals surface area contributed by atoms with Crippen LogP contribution in [-0.4, -0.2) is 157 Å². The van der Waals surface area contributed by atoms with Crippen molar-refractivity contribution in [2.45, 2.75) is 172 Å². The Hall–Kier alpha value is -6.85. The van der Waals surface area contributed by atoms with Crippen molar-refractivity contribution in [3.8, 4) is 5.75 Å².